The zero-order valence-corrected chi connectivity index (χ0v) is 10.8. The Morgan fingerprint density at radius 1 is 1.37 bits per heavy atom. The van der Waals surface area contributed by atoms with Crippen LogP contribution in [0.3, 0.4) is 0 Å². The second kappa shape index (κ2) is 5.63. The highest BCUT2D eigenvalue weighted by molar-refractivity contribution is 5.33. The molecule has 98 valence electrons. The highest BCUT2D eigenvalue weighted by atomic mass is 19.1. The van der Waals surface area contributed by atoms with E-state index in [4.69, 9.17) is 9.68 Å². The Balaban J connectivity index is 1.97. The molecule has 0 saturated carbocycles. The number of hydrogen-bond donors (Lipinski definition) is 1. The SMILES string of the molecule is Cc1nc(CNCc2cc(C#N)ccc2F)oc1C. The molecular weight excluding hydrogens is 245 g/mol. The summed E-state index contributed by atoms with van der Waals surface area (Å²) in [5.74, 6) is 1.03. The Kier molecular flexibility index (Phi) is 3.93. The minimum Gasteiger partial charge on any atom is -0.444 e. The molecule has 0 amide bonds. The summed E-state index contributed by atoms with van der Waals surface area (Å²) in [5, 5.41) is 11.8. The highest BCUT2D eigenvalue weighted by Crippen LogP contribution is 2.11. The van der Waals surface area contributed by atoms with Crippen LogP contribution in [-0.4, -0.2) is 4.98 Å². The summed E-state index contributed by atoms with van der Waals surface area (Å²) in [6, 6.07) is 6.28. The van der Waals surface area contributed by atoms with Crippen LogP contribution in [0.4, 0.5) is 4.39 Å². The largest absolute Gasteiger partial charge is 0.444 e. The summed E-state index contributed by atoms with van der Waals surface area (Å²) < 4.78 is 18.9. The van der Waals surface area contributed by atoms with Gasteiger partial charge in [0.25, 0.3) is 0 Å². The number of oxazole rings is 1. The van der Waals surface area contributed by atoms with Crippen molar-refractivity contribution < 1.29 is 8.81 Å². The molecule has 0 aliphatic heterocycles. The lowest BCUT2D eigenvalue weighted by Crippen LogP contribution is -2.14. The van der Waals surface area contributed by atoms with Gasteiger partial charge in [0.15, 0.2) is 0 Å². The third kappa shape index (κ3) is 3.18. The van der Waals surface area contributed by atoms with Gasteiger partial charge in [-0.15, -0.1) is 0 Å². The Hall–Kier alpha value is -2.19. The van der Waals surface area contributed by atoms with Crippen molar-refractivity contribution in [3.63, 3.8) is 0 Å². The molecule has 0 aliphatic rings. The van der Waals surface area contributed by atoms with Gasteiger partial charge in [-0.25, -0.2) is 9.37 Å². The Bertz CT molecular complexity index is 609. The number of nitrogens with zero attached hydrogens (tertiary/aromatic N) is 2. The first-order valence-corrected chi connectivity index (χ1v) is 5.92. The first-order chi connectivity index (χ1) is 9.10. The van der Waals surface area contributed by atoms with Gasteiger partial charge >= 0.3 is 0 Å². The van der Waals surface area contributed by atoms with Crippen molar-refractivity contribution in [3.05, 3.63) is 52.5 Å². The standard InChI is InChI=1S/C14H14FN3O/c1-9-10(2)19-14(18-9)8-17-7-12-5-11(6-16)3-4-13(12)15/h3-5,17H,7-8H2,1-2H3. The minimum absolute atomic E-state index is 0.321. The summed E-state index contributed by atoms with van der Waals surface area (Å²) in [6.45, 7) is 4.47. The number of aryl methyl sites for hydroxylation is 2. The van der Waals surface area contributed by atoms with Gasteiger partial charge in [-0.2, -0.15) is 5.26 Å². The van der Waals surface area contributed by atoms with Crippen LogP contribution in [0.5, 0.6) is 0 Å². The van der Waals surface area contributed by atoms with Gasteiger partial charge in [0.05, 0.1) is 23.9 Å². The fourth-order valence-electron chi connectivity index (χ4n) is 1.70. The lowest BCUT2D eigenvalue weighted by Gasteiger charge is -2.04. The van der Waals surface area contributed by atoms with Crippen LogP contribution in [-0.2, 0) is 13.1 Å². The summed E-state index contributed by atoms with van der Waals surface area (Å²) in [6.07, 6.45) is 0. The second-order valence-corrected chi connectivity index (χ2v) is 4.27. The fraction of sp³-hybridized carbons (Fsp3) is 0.286. The molecule has 4 nitrogen and oxygen atoms in total. The molecule has 0 atom stereocenters. The van der Waals surface area contributed by atoms with Crippen LogP contribution in [0.25, 0.3) is 0 Å². The lowest BCUT2D eigenvalue weighted by atomic mass is 10.1. The van der Waals surface area contributed by atoms with Gasteiger partial charge in [0.2, 0.25) is 5.89 Å². The van der Waals surface area contributed by atoms with Crippen molar-refractivity contribution in [2.45, 2.75) is 26.9 Å². The molecule has 0 aliphatic carbocycles. The first kappa shape index (κ1) is 13.2. The number of benzene rings is 1. The number of nitriles is 1. The molecule has 2 aromatic rings. The molecule has 1 heterocycles. The van der Waals surface area contributed by atoms with Crippen LogP contribution in [0.2, 0.25) is 0 Å². The first-order valence-electron chi connectivity index (χ1n) is 5.92. The Labute approximate surface area is 110 Å². The molecular formula is C14H14FN3O. The summed E-state index contributed by atoms with van der Waals surface area (Å²) in [4.78, 5) is 4.22. The van der Waals surface area contributed by atoms with Crippen LogP contribution in [0.15, 0.2) is 22.6 Å². The Morgan fingerprint density at radius 2 is 2.16 bits per heavy atom. The molecule has 0 spiro atoms. The number of aromatic nitrogens is 1. The van der Waals surface area contributed by atoms with Gasteiger partial charge in [0, 0.05) is 12.1 Å². The predicted octanol–water partition coefficient (Wildman–Crippen LogP) is 2.59. The van der Waals surface area contributed by atoms with E-state index in [1.54, 1.807) is 0 Å². The smallest absolute Gasteiger partial charge is 0.208 e. The predicted molar refractivity (Wildman–Crippen MR) is 67.6 cm³/mol. The maximum absolute atomic E-state index is 13.5. The normalized spacial score (nSPS) is 10.4. The van der Waals surface area contributed by atoms with E-state index in [0.29, 0.717) is 30.1 Å². The van der Waals surface area contributed by atoms with Crippen molar-refractivity contribution in [1.82, 2.24) is 10.3 Å². The molecule has 5 heteroatoms. The maximum Gasteiger partial charge on any atom is 0.208 e. The molecule has 19 heavy (non-hydrogen) atoms. The van der Waals surface area contributed by atoms with Gasteiger partial charge < -0.3 is 9.73 Å². The Morgan fingerprint density at radius 3 is 2.79 bits per heavy atom. The third-order valence-corrected chi connectivity index (χ3v) is 2.84. The molecule has 1 N–H and O–H groups in total. The van der Waals surface area contributed by atoms with Crippen molar-refractivity contribution in [2.24, 2.45) is 0 Å². The van der Waals surface area contributed by atoms with Crippen LogP contribution < -0.4 is 5.32 Å². The maximum atomic E-state index is 13.5. The lowest BCUT2D eigenvalue weighted by molar-refractivity contribution is 0.446. The molecule has 0 unspecified atom stereocenters. The van der Waals surface area contributed by atoms with E-state index >= 15 is 0 Å². The van der Waals surface area contributed by atoms with E-state index in [1.807, 2.05) is 19.9 Å². The zero-order valence-electron chi connectivity index (χ0n) is 10.8. The van der Waals surface area contributed by atoms with E-state index in [1.165, 1.54) is 18.2 Å². The molecule has 1 aromatic heterocycles. The van der Waals surface area contributed by atoms with Gasteiger partial charge in [-0.1, -0.05) is 0 Å². The molecule has 0 bridgehead atoms. The number of halogens is 1. The number of nitrogens with one attached hydrogen (secondary N) is 1. The van der Waals surface area contributed by atoms with Gasteiger partial charge in [0.1, 0.15) is 11.6 Å². The molecule has 2 rings (SSSR count). The van der Waals surface area contributed by atoms with Crippen LogP contribution >= 0.6 is 0 Å². The van der Waals surface area contributed by atoms with Gasteiger partial charge in [-0.05, 0) is 32.0 Å². The summed E-state index contributed by atoms with van der Waals surface area (Å²) in [7, 11) is 0. The summed E-state index contributed by atoms with van der Waals surface area (Å²) >= 11 is 0. The van der Waals surface area contributed by atoms with Crippen molar-refractivity contribution in [1.29, 1.82) is 5.26 Å². The van der Waals surface area contributed by atoms with E-state index in [9.17, 15) is 4.39 Å². The van der Waals surface area contributed by atoms with Crippen molar-refractivity contribution in [2.75, 3.05) is 0 Å². The van der Waals surface area contributed by atoms with Crippen LogP contribution in [0, 0.1) is 31.0 Å². The molecule has 0 fully saturated rings. The average molecular weight is 259 g/mol. The molecule has 0 radical (unpaired) electrons. The van der Waals surface area contributed by atoms with E-state index in [2.05, 4.69) is 10.3 Å². The quantitative estimate of drug-likeness (QED) is 0.916. The monoisotopic (exact) mass is 259 g/mol. The molecule has 0 saturated heterocycles. The fourth-order valence-corrected chi connectivity index (χ4v) is 1.70. The highest BCUT2D eigenvalue weighted by Gasteiger charge is 2.07. The summed E-state index contributed by atoms with van der Waals surface area (Å²) in [5.41, 5.74) is 1.76. The van der Waals surface area contributed by atoms with E-state index in [0.717, 1.165) is 11.5 Å². The van der Waals surface area contributed by atoms with E-state index < -0.39 is 0 Å². The second-order valence-electron chi connectivity index (χ2n) is 4.27. The average Bonchev–Trinajstić information content (AvgIpc) is 2.71. The van der Waals surface area contributed by atoms with Gasteiger partial charge in [-0.3, -0.25) is 0 Å². The molecule has 1 aromatic carbocycles. The zero-order chi connectivity index (χ0) is 13.8. The van der Waals surface area contributed by atoms with Crippen molar-refractivity contribution >= 4 is 0 Å². The minimum atomic E-state index is -0.328. The van der Waals surface area contributed by atoms with Crippen LogP contribution in [0.1, 0.15) is 28.5 Å². The van der Waals surface area contributed by atoms with Crippen molar-refractivity contribution in [3.8, 4) is 6.07 Å². The topological polar surface area (TPSA) is 61.9 Å². The number of hydrogen-bond acceptors (Lipinski definition) is 4. The third-order valence-electron chi connectivity index (χ3n) is 2.84. The van der Waals surface area contributed by atoms with E-state index in [-0.39, 0.29) is 5.82 Å². The number of rotatable bonds is 4.